The standard InChI is InChI=1S/Cs.N3O4/c;4-2(5)1-3(6)7/q+1;-1. The van der Waals surface area contributed by atoms with Gasteiger partial charge in [-0.1, -0.05) is 0 Å². The van der Waals surface area contributed by atoms with Crippen molar-refractivity contribution in [2.45, 2.75) is 0 Å². The Morgan fingerprint density at radius 1 is 1.12 bits per heavy atom. The molecule has 0 bridgehead atoms. The molecule has 0 N–H and O–H groups in total. The van der Waals surface area contributed by atoms with Crippen LogP contribution in [0.3, 0.4) is 0 Å². The molecule has 0 aliphatic heterocycles. The van der Waals surface area contributed by atoms with E-state index in [0.29, 0.717) is 0 Å². The van der Waals surface area contributed by atoms with Crippen molar-refractivity contribution in [2.24, 2.45) is 0 Å². The third-order valence-corrected chi connectivity index (χ3v) is 0.146. The van der Waals surface area contributed by atoms with Crippen molar-refractivity contribution in [1.82, 2.24) is 0 Å². The van der Waals surface area contributed by atoms with Gasteiger partial charge < -0.3 is 0 Å². The summed E-state index contributed by atoms with van der Waals surface area (Å²) < 4.78 is 0. The van der Waals surface area contributed by atoms with E-state index in [-0.39, 0.29) is 68.9 Å². The number of hydrogen-bond acceptors (Lipinski definition) is 4. The largest absolute Gasteiger partial charge is 1.00 e. The maximum Gasteiger partial charge on any atom is 1.00 e. The molecule has 7 nitrogen and oxygen atoms in total. The van der Waals surface area contributed by atoms with Crippen LogP contribution < -0.4 is 68.9 Å². The number of rotatable bonds is 2. The van der Waals surface area contributed by atoms with E-state index in [4.69, 9.17) is 20.2 Å². The van der Waals surface area contributed by atoms with Crippen LogP contribution in [0.1, 0.15) is 0 Å². The molecule has 0 aromatic rings. The van der Waals surface area contributed by atoms with Crippen molar-refractivity contribution in [3.63, 3.8) is 0 Å². The molecule has 0 aliphatic rings. The van der Waals surface area contributed by atoms with Crippen molar-refractivity contribution in [3.05, 3.63) is 25.8 Å². The quantitative estimate of drug-likeness (QED) is 0.373. The maximum absolute atomic E-state index is 9.01. The van der Waals surface area contributed by atoms with Gasteiger partial charge in [0.2, 0.25) is 0 Å². The Hall–Kier alpha value is 0.652. The Bertz CT molecular complexity index is 87.5. The Morgan fingerprint density at radius 3 is 1.38 bits per heavy atom. The number of nitrogens with zero attached hydrogens (tertiary/aromatic N) is 3. The molecule has 0 aliphatic carbocycles. The molecule has 0 spiro atoms. The smallest absolute Gasteiger partial charge is 0.264 e. The monoisotopic (exact) mass is 239 g/mol. The normalized spacial score (nSPS) is 6.50. The van der Waals surface area contributed by atoms with E-state index in [1.165, 1.54) is 0 Å². The molecular formula is CsN3O4. The molecule has 0 aromatic carbocycles. The van der Waals surface area contributed by atoms with E-state index in [1.54, 1.807) is 5.53 Å². The first-order valence-electron chi connectivity index (χ1n) is 1.13. The summed E-state index contributed by atoms with van der Waals surface area (Å²) in [5.41, 5.74) is 1.72. The van der Waals surface area contributed by atoms with Crippen molar-refractivity contribution < 1.29 is 79.0 Å². The van der Waals surface area contributed by atoms with Gasteiger partial charge in [-0.2, -0.15) is 0 Å². The topological polar surface area (TPSA) is 100 Å². The first-order valence-corrected chi connectivity index (χ1v) is 1.13. The summed E-state index contributed by atoms with van der Waals surface area (Å²) in [6, 6.07) is 0. The van der Waals surface area contributed by atoms with Crippen molar-refractivity contribution >= 4 is 0 Å². The van der Waals surface area contributed by atoms with Gasteiger partial charge in [0.1, 0.15) is 0 Å². The fraction of sp³-hybridized carbons (Fsp3) is 0. The molecule has 0 aromatic heterocycles. The molecule has 0 saturated heterocycles. The van der Waals surface area contributed by atoms with Gasteiger partial charge >= 0.3 is 68.9 Å². The van der Waals surface area contributed by atoms with Crippen LogP contribution in [0.2, 0.25) is 0 Å². The molecule has 0 unspecified atom stereocenters. The fourth-order valence-corrected chi connectivity index (χ4v) is 0.0596. The van der Waals surface area contributed by atoms with Gasteiger partial charge in [-0.15, -0.1) is 0 Å². The van der Waals surface area contributed by atoms with E-state index in [2.05, 4.69) is 0 Å². The van der Waals surface area contributed by atoms with Crippen LogP contribution in [0.4, 0.5) is 0 Å². The van der Waals surface area contributed by atoms with Gasteiger partial charge in [-0.25, -0.2) is 0 Å². The maximum atomic E-state index is 9.01. The van der Waals surface area contributed by atoms with Crippen molar-refractivity contribution in [1.29, 1.82) is 0 Å². The minimum atomic E-state index is -1.38. The van der Waals surface area contributed by atoms with E-state index >= 15 is 0 Å². The zero-order chi connectivity index (χ0) is 5.86. The van der Waals surface area contributed by atoms with Crippen LogP contribution in [-0.2, 0) is 0 Å². The summed E-state index contributed by atoms with van der Waals surface area (Å²) in [4.78, 5) is 18.0. The van der Waals surface area contributed by atoms with Crippen molar-refractivity contribution in [3.8, 4) is 0 Å². The Labute approximate surface area is 102 Å². The van der Waals surface area contributed by atoms with E-state index in [9.17, 15) is 0 Å². The van der Waals surface area contributed by atoms with E-state index < -0.39 is 10.1 Å². The van der Waals surface area contributed by atoms with E-state index in [0.717, 1.165) is 0 Å². The predicted octanol–water partition coefficient (Wildman–Crippen LogP) is -3.25. The van der Waals surface area contributed by atoms with Crippen LogP contribution in [0.25, 0.3) is 5.53 Å². The van der Waals surface area contributed by atoms with Crippen LogP contribution in [-0.4, -0.2) is 10.1 Å². The van der Waals surface area contributed by atoms with Gasteiger partial charge in [-0.05, 0) is 5.53 Å². The average molecular weight is 239 g/mol. The summed E-state index contributed by atoms with van der Waals surface area (Å²) >= 11 is 0. The molecule has 0 rings (SSSR count). The van der Waals surface area contributed by atoms with Gasteiger partial charge in [0.05, 0.1) is 0 Å². The third kappa shape index (κ3) is 9.82. The zero-order valence-electron chi connectivity index (χ0n) is 3.97. The summed E-state index contributed by atoms with van der Waals surface area (Å²) in [5, 5.41) is 15.3. The minimum absolute atomic E-state index is 0. The molecule has 0 radical (unpaired) electrons. The number of nitro groups is 2. The van der Waals surface area contributed by atoms with Gasteiger partial charge in [-0.3, -0.25) is 20.2 Å². The van der Waals surface area contributed by atoms with Crippen LogP contribution >= 0.6 is 0 Å². The summed E-state index contributed by atoms with van der Waals surface area (Å²) in [5.74, 6) is 0. The second-order valence-electron chi connectivity index (χ2n) is 0.565. The van der Waals surface area contributed by atoms with Crippen LogP contribution in [0.15, 0.2) is 0 Å². The van der Waals surface area contributed by atoms with Gasteiger partial charge in [0.15, 0.2) is 0 Å². The zero-order valence-corrected chi connectivity index (χ0v) is 10.3. The molecule has 0 fully saturated rings. The second kappa shape index (κ2) is 5.78. The first-order chi connectivity index (χ1) is 3.13. The second-order valence-corrected chi connectivity index (χ2v) is 0.565. The molecular weight excluding hydrogens is 239 g/mol. The average Bonchev–Trinajstić information content (AvgIpc) is 1.27. The molecule has 8 heteroatoms. The van der Waals surface area contributed by atoms with Crippen molar-refractivity contribution in [2.75, 3.05) is 0 Å². The summed E-state index contributed by atoms with van der Waals surface area (Å²) in [7, 11) is 0. The Kier molecular flexibility index (Phi) is 8.28. The third-order valence-electron chi connectivity index (χ3n) is 0.146. The fourth-order valence-electron chi connectivity index (χ4n) is 0.0596. The molecule has 0 atom stereocenters. The predicted molar refractivity (Wildman–Crippen MR) is 17.3 cm³/mol. The summed E-state index contributed by atoms with van der Waals surface area (Å²) in [6.07, 6.45) is 0. The Morgan fingerprint density at radius 2 is 1.38 bits per heavy atom. The van der Waals surface area contributed by atoms with Crippen LogP contribution in [0, 0.1) is 20.2 Å². The van der Waals surface area contributed by atoms with Gasteiger partial charge in [0.25, 0.3) is 0 Å². The van der Waals surface area contributed by atoms with Gasteiger partial charge in [0, 0.05) is 10.1 Å². The molecule has 40 valence electrons. The van der Waals surface area contributed by atoms with Crippen LogP contribution in [0.5, 0.6) is 0 Å². The van der Waals surface area contributed by atoms with E-state index in [1.807, 2.05) is 0 Å². The summed E-state index contributed by atoms with van der Waals surface area (Å²) in [6.45, 7) is 0. The first kappa shape index (κ1) is 11.4. The molecule has 8 heavy (non-hydrogen) atoms. The number of hydrogen-bond donors (Lipinski definition) is 0. The minimum Gasteiger partial charge on any atom is -0.264 e. The SMILES string of the molecule is O=[N+]([O-])[N-][N+](=O)[O-].[Cs+]. The Balaban J connectivity index is 0. The molecule has 0 amide bonds. The molecule has 0 heterocycles. The molecule has 0 saturated carbocycles.